The predicted octanol–water partition coefficient (Wildman–Crippen LogP) is 4.76. The number of phenolic OH excluding ortho intramolecular Hbond substituents is 1. The van der Waals surface area contributed by atoms with E-state index in [1.165, 1.54) is 18.7 Å². The third kappa shape index (κ3) is 4.91. The van der Waals surface area contributed by atoms with E-state index in [-0.39, 0.29) is 17.4 Å². The molecule has 1 unspecified atom stereocenters. The molecule has 2 aromatic rings. The molecule has 3 rings (SSSR count). The van der Waals surface area contributed by atoms with E-state index in [1.54, 1.807) is 41.3 Å². The Kier molecular flexibility index (Phi) is 6.95. The average Bonchev–Trinajstić information content (AvgIpc) is 3.02. The zero-order valence-corrected chi connectivity index (χ0v) is 18.0. The van der Waals surface area contributed by atoms with E-state index < -0.39 is 6.10 Å². The molecule has 30 heavy (non-hydrogen) atoms. The van der Waals surface area contributed by atoms with Gasteiger partial charge in [0.15, 0.2) is 17.1 Å². The molecule has 1 atom stereocenters. The predicted molar refractivity (Wildman–Crippen MR) is 120 cm³/mol. The number of aromatic hydroxyl groups is 1. The van der Waals surface area contributed by atoms with Gasteiger partial charge in [0.05, 0.1) is 10.6 Å². The van der Waals surface area contributed by atoms with Crippen molar-refractivity contribution in [1.82, 2.24) is 4.90 Å². The lowest BCUT2D eigenvalue weighted by Gasteiger charge is -2.16. The van der Waals surface area contributed by atoms with Crippen molar-refractivity contribution in [3.05, 3.63) is 59.0 Å². The lowest BCUT2D eigenvalue weighted by Crippen LogP contribution is -2.28. The van der Waals surface area contributed by atoms with Gasteiger partial charge in [-0.15, -0.1) is 0 Å². The molecule has 156 valence electrons. The molecule has 1 fully saturated rings. The first kappa shape index (κ1) is 21.6. The third-order valence-corrected chi connectivity index (χ3v) is 5.58. The van der Waals surface area contributed by atoms with Crippen LogP contribution in [0.4, 0.5) is 5.69 Å². The molecule has 0 radical (unpaired) electrons. The normalized spacial score (nSPS) is 17.6. The Morgan fingerprint density at radius 2 is 1.90 bits per heavy atom. The summed E-state index contributed by atoms with van der Waals surface area (Å²) < 4.78 is 5.91. The van der Waals surface area contributed by atoms with Gasteiger partial charge in [0, 0.05) is 12.1 Å². The van der Waals surface area contributed by atoms with Crippen LogP contribution in [0.25, 0.3) is 6.08 Å². The van der Waals surface area contributed by atoms with Gasteiger partial charge in [-0.3, -0.25) is 14.5 Å². The van der Waals surface area contributed by atoms with Crippen molar-refractivity contribution in [3.8, 4) is 11.5 Å². The number of para-hydroxylation sites is 1. The highest BCUT2D eigenvalue weighted by Crippen LogP contribution is 2.35. The van der Waals surface area contributed by atoms with Crippen LogP contribution in [-0.2, 0) is 9.59 Å². The number of rotatable bonds is 7. The lowest BCUT2D eigenvalue weighted by molar-refractivity contribution is -0.124. The van der Waals surface area contributed by atoms with E-state index in [4.69, 9.17) is 4.74 Å². The minimum absolute atomic E-state index is 0.0354. The van der Waals surface area contributed by atoms with Gasteiger partial charge in [0.1, 0.15) is 11.5 Å². The summed E-state index contributed by atoms with van der Waals surface area (Å²) in [7, 11) is 0. The first-order valence-electron chi connectivity index (χ1n) is 9.78. The van der Waals surface area contributed by atoms with Crippen LogP contribution in [0, 0.1) is 0 Å². The molecule has 0 aromatic heterocycles. The Balaban J connectivity index is 1.92. The number of ether oxygens (including phenoxy) is 1. The second kappa shape index (κ2) is 9.63. The maximum atomic E-state index is 12.9. The van der Waals surface area contributed by atoms with Crippen molar-refractivity contribution in [2.45, 2.75) is 33.3 Å². The zero-order valence-electron chi connectivity index (χ0n) is 17.2. The summed E-state index contributed by atoms with van der Waals surface area (Å²) in [5.74, 6) is 0.558. The number of ketones is 1. The van der Waals surface area contributed by atoms with E-state index >= 15 is 0 Å². The van der Waals surface area contributed by atoms with E-state index in [0.717, 1.165) is 5.56 Å². The van der Waals surface area contributed by atoms with Crippen molar-refractivity contribution in [3.63, 3.8) is 0 Å². The Morgan fingerprint density at radius 3 is 2.53 bits per heavy atom. The molecule has 2 aromatic carbocycles. The summed E-state index contributed by atoms with van der Waals surface area (Å²) in [5.41, 5.74) is 1.38. The molecule has 1 aliphatic heterocycles. The summed E-state index contributed by atoms with van der Waals surface area (Å²) >= 11 is 1.29. The summed E-state index contributed by atoms with van der Waals surface area (Å²) in [4.78, 5) is 31.4. The van der Waals surface area contributed by atoms with Gasteiger partial charge >= 0.3 is 0 Å². The van der Waals surface area contributed by atoms with Crippen LogP contribution in [0.3, 0.4) is 0 Å². The number of hydrogen-bond donors (Lipinski definition) is 1. The zero-order chi connectivity index (χ0) is 21.7. The van der Waals surface area contributed by atoms with Crippen LogP contribution in [0.15, 0.2) is 58.4 Å². The highest BCUT2D eigenvalue weighted by Gasteiger charge is 2.32. The van der Waals surface area contributed by atoms with Gasteiger partial charge in [-0.2, -0.15) is 0 Å². The molecule has 6 nitrogen and oxygen atoms in total. The second-order valence-corrected chi connectivity index (χ2v) is 7.74. The molecule has 7 heteroatoms. The largest absolute Gasteiger partial charge is 0.508 e. The maximum Gasteiger partial charge on any atom is 0.266 e. The van der Waals surface area contributed by atoms with Crippen molar-refractivity contribution in [1.29, 1.82) is 0 Å². The first-order valence-corrected chi connectivity index (χ1v) is 10.6. The van der Waals surface area contributed by atoms with Gasteiger partial charge in [0.2, 0.25) is 0 Å². The summed E-state index contributed by atoms with van der Waals surface area (Å²) in [6.45, 7) is 5.79. The standard InChI is InChI=1S/C23H24N2O4S/c1-4-19(15(3)26)29-20-9-7-6-8-16(20)14-21-22(28)25(5-2)23(30-21)24-17-10-12-18(27)13-11-17/h6-14,19,27H,4-5H2,1-3H3/b21-14-,24-23?. The Hall–Kier alpha value is -3.06. The van der Waals surface area contributed by atoms with Crippen molar-refractivity contribution >= 4 is 40.4 Å². The molecule has 0 aliphatic carbocycles. The third-order valence-electron chi connectivity index (χ3n) is 4.58. The monoisotopic (exact) mass is 424 g/mol. The number of Topliss-reactive ketones (excluding diaryl/α,β-unsaturated/α-hetero) is 1. The molecule has 1 aliphatic rings. The number of carbonyl (C=O) groups excluding carboxylic acids is 2. The number of nitrogens with zero attached hydrogens (tertiary/aromatic N) is 2. The SMILES string of the molecule is CCC(Oc1ccccc1/C=C1\SC(=Nc2ccc(O)cc2)N(CC)C1=O)C(C)=O. The number of amidine groups is 1. The number of likely N-dealkylation sites (N-methyl/N-ethyl adjacent to an activating group) is 1. The molecule has 1 amide bonds. The van der Waals surface area contributed by atoms with E-state index in [2.05, 4.69) is 4.99 Å². The fourth-order valence-corrected chi connectivity index (χ4v) is 4.02. The quantitative estimate of drug-likeness (QED) is 0.648. The number of carbonyl (C=O) groups is 2. The fourth-order valence-electron chi connectivity index (χ4n) is 2.96. The van der Waals surface area contributed by atoms with Gasteiger partial charge in [0.25, 0.3) is 5.91 Å². The van der Waals surface area contributed by atoms with E-state index in [0.29, 0.717) is 34.5 Å². The van der Waals surface area contributed by atoms with Gasteiger partial charge < -0.3 is 9.84 Å². The van der Waals surface area contributed by atoms with E-state index in [1.807, 2.05) is 32.0 Å². The van der Waals surface area contributed by atoms with E-state index in [9.17, 15) is 14.7 Å². The molecule has 1 heterocycles. The summed E-state index contributed by atoms with van der Waals surface area (Å²) in [6.07, 6.45) is 1.83. The number of thioether (sulfide) groups is 1. The molecular formula is C23H24N2O4S. The molecule has 0 bridgehead atoms. The number of benzene rings is 2. The van der Waals surface area contributed by atoms with Crippen molar-refractivity contribution in [2.24, 2.45) is 4.99 Å². The maximum absolute atomic E-state index is 12.9. The molecule has 0 saturated carbocycles. The van der Waals surface area contributed by atoms with Crippen LogP contribution in [0.5, 0.6) is 11.5 Å². The van der Waals surface area contributed by atoms with Crippen LogP contribution in [0.1, 0.15) is 32.8 Å². The fraction of sp³-hybridized carbons (Fsp3) is 0.261. The number of hydrogen-bond acceptors (Lipinski definition) is 6. The second-order valence-electron chi connectivity index (χ2n) is 6.73. The van der Waals surface area contributed by atoms with Crippen LogP contribution >= 0.6 is 11.8 Å². The minimum atomic E-state index is -0.518. The van der Waals surface area contributed by atoms with Crippen LogP contribution < -0.4 is 4.74 Å². The minimum Gasteiger partial charge on any atom is -0.508 e. The number of amides is 1. The topological polar surface area (TPSA) is 79.2 Å². The first-order chi connectivity index (χ1) is 14.4. The molecule has 1 N–H and O–H groups in total. The smallest absolute Gasteiger partial charge is 0.266 e. The Labute approximate surface area is 180 Å². The molecule has 1 saturated heterocycles. The Morgan fingerprint density at radius 1 is 1.20 bits per heavy atom. The number of aliphatic imine (C=N–C) groups is 1. The highest BCUT2D eigenvalue weighted by molar-refractivity contribution is 8.18. The van der Waals surface area contributed by atoms with Crippen LogP contribution in [0.2, 0.25) is 0 Å². The number of phenols is 1. The summed E-state index contributed by atoms with van der Waals surface area (Å²) in [6, 6.07) is 13.9. The van der Waals surface area contributed by atoms with Gasteiger partial charge in [-0.25, -0.2) is 4.99 Å². The highest BCUT2D eigenvalue weighted by atomic mass is 32.2. The average molecular weight is 425 g/mol. The van der Waals surface area contributed by atoms with Crippen molar-refractivity contribution in [2.75, 3.05) is 6.54 Å². The van der Waals surface area contributed by atoms with Crippen LogP contribution in [-0.4, -0.2) is 39.5 Å². The lowest BCUT2D eigenvalue weighted by atomic mass is 10.1. The summed E-state index contributed by atoms with van der Waals surface area (Å²) in [5, 5.41) is 10.0. The molecule has 0 spiro atoms. The van der Waals surface area contributed by atoms with Gasteiger partial charge in [-0.1, -0.05) is 25.1 Å². The Bertz CT molecular complexity index is 999. The van der Waals surface area contributed by atoms with Gasteiger partial charge in [-0.05, 0) is 68.4 Å². The molecular weight excluding hydrogens is 400 g/mol. The van der Waals surface area contributed by atoms with Crippen molar-refractivity contribution < 1.29 is 19.4 Å².